The van der Waals surface area contributed by atoms with Crippen LogP contribution in [0, 0.1) is 76.8 Å². The minimum atomic E-state index is -0.556. The van der Waals surface area contributed by atoms with Gasteiger partial charge in [-0.3, -0.25) is 0 Å². The fraction of sp³-hybridized carbons (Fsp3) is 0.932. The maximum absolute atomic E-state index is 10.1. The predicted molar refractivity (Wildman–Crippen MR) is 437 cm³/mol. The summed E-state index contributed by atoms with van der Waals surface area (Å²) >= 11 is 0. The second-order valence-corrected chi connectivity index (χ2v) is 38.7. The molecule has 6 nitrogen and oxygen atoms in total. The van der Waals surface area contributed by atoms with Crippen molar-refractivity contribution in [1.29, 1.82) is 0 Å². The average Bonchev–Trinajstić information content (AvgIpc) is 0.855. The molecule has 6 N–H and O–H groups in total. The smallest absolute Gasteiger partial charge is 0.0693 e. The van der Waals surface area contributed by atoms with Gasteiger partial charge in [-0.15, -0.1) is 6.58 Å². The first-order chi connectivity index (χ1) is 40.1. The van der Waals surface area contributed by atoms with Gasteiger partial charge in [-0.05, 0) is 191 Å². The third-order valence-corrected chi connectivity index (χ3v) is 23.0. The molecule has 0 aliphatic carbocycles. The number of aliphatic hydroxyl groups is 6. The van der Waals surface area contributed by atoms with Crippen LogP contribution in [0.25, 0.3) is 0 Å². The van der Waals surface area contributed by atoms with E-state index in [-0.39, 0.29) is 77.0 Å². The van der Waals surface area contributed by atoms with E-state index in [1.54, 1.807) is 0 Å². The van der Waals surface area contributed by atoms with Crippen molar-refractivity contribution in [1.82, 2.24) is 0 Å². The third-order valence-electron chi connectivity index (χ3n) is 23.0. The molecule has 0 saturated heterocycles. The largest absolute Gasteiger partial charge is 0.396 e. The van der Waals surface area contributed by atoms with Gasteiger partial charge in [0, 0.05) is 6.61 Å². The lowest BCUT2D eigenvalue weighted by molar-refractivity contribution is -0.0888. The fourth-order valence-electron chi connectivity index (χ4n) is 9.90. The summed E-state index contributed by atoms with van der Waals surface area (Å²) in [6, 6.07) is 0. The fourth-order valence-corrected chi connectivity index (χ4v) is 9.90. The molecule has 0 amide bonds. The Labute approximate surface area is 599 Å². The van der Waals surface area contributed by atoms with Crippen LogP contribution in [0.3, 0.4) is 0 Å². The van der Waals surface area contributed by atoms with Crippen LogP contribution < -0.4 is 0 Å². The van der Waals surface area contributed by atoms with Gasteiger partial charge in [-0.25, -0.2) is 0 Å². The van der Waals surface area contributed by atoms with E-state index >= 15 is 0 Å². The molecule has 5 atom stereocenters. The van der Waals surface area contributed by atoms with Crippen molar-refractivity contribution in [2.24, 2.45) is 76.8 Å². The molecule has 94 heavy (non-hydrogen) atoms. The molecule has 0 aromatic heterocycles. The zero-order valence-corrected chi connectivity index (χ0v) is 73.0. The molecule has 0 heterocycles. The van der Waals surface area contributed by atoms with E-state index in [0.29, 0.717) is 33.5 Å². The normalized spacial score (nSPS) is 15.1. The minimum absolute atomic E-state index is 0. The number of hydrogen-bond acceptors (Lipinski definition) is 6. The molecule has 0 bridgehead atoms. The van der Waals surface area contributed by atoms with Gasteiger partial charge in [0.2, 0.25) is 0 Å². The van der Waals surface area contributed by atoms with E-state index in [4.69, 9.17) is 5.11 Å². The molecule has 580 valence electrons. The highest BCUT2D eigenvalue weighted by Crippen LogP contribution is 2.44. The first kappa shape index (κ1) is 117. The van der Waals surface area contributed by atoms with Crippen LogP contribution in [-0.2, 0) is 0 Å². The first-order valence-corrected chi connectivity index (χ1v) is 37.2. The van der Waals surface area contributed by atoms with Crippen molar-refractivity contribution in [3.63, 3.8) is 0 Å². The summed E-state index contributed by atoms with van der Waals surface area (Å²) in [5, 5.41) is 58.4. The standard InChI is InChI=1S/6C10H22O.2C9H18.C8H16.2CH4/c1-7-10(5,6)8(11)9(2,3)4;1-7-9(3,4)10(5,6)8(2)11;1-7-9(3,4)8(2)10(5,6)11;1-7-9(4,5)10(6,11)8(2)3;1-6-9(2,3)7-10(4,5)8-11;1-6-8-9(3,4)10(5,11)7-2;2*1-6-9(4,5)7-8(2)3;1-6-7(2)8(3,4)5;;/h4*8,11H,7H2,1-6H3;2*11H,6-8H2,1-5H3;7H,6H2,1-5H3;2,6-7H2,1,3-5H3;6H,1-5H3;2*1H4/b;;;;;;;;7-6+;;. The van der Waals surface area contributed by atoms with Crippen molar-refractivity contribution in [3.8, 4) is 0 Å². The van der Waals surface area contributed by atoms with Crippen LogP contribution in [0.1, 0.15) is 424 Å². The Morgan fingerprint density at radius 3 is 0.947 bits per heavy atom. The second-order valence-electron chi connectivity index (χ2n) is 38.7. The molecule has 0 radical (unpaired) electrons. The van der Waals surface area contributed by atoms with Crippen LogP contribution in [-0.4, -0.2) is 66.3 Å². The summed E-state index contributed by atoms with van der Waals surface area (Å²) in [6.07, 6.45) is 17.2. The zero-order chi connectivity index (χ0) is 77.1. The van der Waals surface area contributed by atoms with E-state index in [1.165, 1.54) is 36.0 Å². The number of allylic oxidation sites excluding steroid dienone is 5. The van der Waals surface area contributed by atoms with Gasteiger partial charge in [0.25, 0.3) is 0 Å². The molecule has 0 aliphatic rings. The quantitative estimate of drug-likeness (QED) is 0.0536. The van der Waals surface area contributed by atoms with Gasteiger partial charge in [0.05, 0.1) is 29.0 Å². The van der Waals surface area contributed by atoms with Crippen LogP contribution >= 0.6 is 0 Å². The summed E-state index contributed by atoms with van der Waals surface area (Å²) in [5.74, 6) is 0.650. The number of hydrogen-bond donors (Lipinski definition) is 6. The van der Waals surface area contributed by atoms with Gasteiger partial charge in [-0.2, -0.15) is 0 Å². The second kappa shape index (κ2) is 48.7. The zero-order valence-electron chi connectivity index (χ0n) is 73.0. The van der Waals surface area contributed by atoms with Crippen molar-refractivity contribution in [2.45, 2.75) is 453 Å². The minimum Gasteiger partial charge on any atom is -0.396 e. The Morgan fingerprint density at radius 2 is 0.819 bits per heavy atom. The highest BCUT2D eigenvalue weighted by molar-refractivity contribution is 5.05. The van der Waals surface area contributed by atoms with Crippen LogP contribution in [0.15, 0.2) is 35.5 Å². The SMILES string of the molecule is C.C.C/C=C(\C)C(C)(C)C.C=C(C)CC(C)(C)CC.CCC(C)(C)C(C)(C)C(C)O.CCC(C)(C)C(C)(O)C(C)C.CCC(C)(C)C(C)C(C)(C)O.CCC(C)(C)C(O)C(C)(C)C.CCC(C)(C)C=C(C)C.CCC(C)(C)CC(C)(C)CO.CCCC(C)(C)C(C)(O)CC. The lowest BCUT2D eigenvalue weighted by Gasteiger charge is -2.43. The van der Waals surface area contributed by atoms with Crippen molar-refractivity contribution in [2.75, 3.05) is 6.61 Å². The Hall–Kier alpha value is -1.02. The molecule has 0 spiro atoms. The molecular formula is C88H192O6. The predicted octanol–water partition coefficient (Wildman–Crippen LogP) is 28.2. The van der Waals surface area contributed by atoms with Crippen molar-refractivity contribution < 1.29 is 30.6 Å². The van der Waals surface area contributed by atoms with Gasteiger partial charge in [-0.1, -0.05) is 339 Å². The maximum atomic E-state index is 10.1. The topological polar surface area (TPSA) is 121 Å². The summed E-state index contributed by atoms with van der Waals surface area (Å²) < 4.78 is 0. The van der Waals surface area contributed by atoms with Crippen molar-refractivity contribution in [3.05, 3.63) is 35.5 Å². The lowest BCUT2D eigenvalue weighted by atomic mass is 9.64. The highest BCUT2D eigenvalue weighted by Gasteiger charge is 2.41. The summed E-state index contributed by atoms with van der Waals surface area (Å²) in [4.78, 5) is 0. The van der Waals surface area contributed by atoms with E-state index in [9.17, 15) is 25.5 Å². The third kappa shape index (κ3) is 53.8. The average molecular weight is 1350 g/mol. The molecule has 0 aliphatic heterocycles. The highest BCUT2D eigenvalue weighted by atomic mass is 16.3. The molecule has 0 aromatic rings. The summed E-state index contributed by atoms with van der Waals surface area (Å²) in [6.45, 7) is 107. The van der Waals surface area contributed by atoms with Crippen LogP contribution in [0.2, 0.25) is 0 Å². The molecule has 0 fully saturated rings. The van der Waals surface area contributed by atoms with Gasteiger partial charge >= 0.3 is 0 Å². The van der Waals surface area contributed by atoms with Gasteiger partial charge < -0.3 is 30.6 Å². The summed E-state index contributed by atoms with van der Waals surface area (Å²) in [7, 11) is 0. The van der Waals surface area contributed by atoms with Gasteiger partial charge in [0.15, 0.2) is 0 Å². The Balaban J connectivity index is -0.0000000915. The molecule has 6 heteroatoms. The Morgan fingerprint density at radius 1 is 0.457 bits per heavy atom. The first-order valence-electron chi connectivity index (χ1n) is 37.2. The van der Waals surface area contributed by atoms with Crippen LogP contribution in [0.4, 0.5) is 0 Å². The lowest BCUT2D eigenvalue weighted by Crippen LogP contribution is -2.45. The molecule has 5 unspecified atom stereocenters. The number of rotatable bonds is 24. The Bertz CT molecular complexity index is 1790. The van der Waals surface area contributed by atoms with E-state index in [0.717, 1.165) is 57.8 Å². The van der Waals surface area contributed by atoms with Crippen molar-refractivity contribution >= 4 is 0 Å². The molecular weight excluding hydrogens is 1150 g/mol. The van der Waals surface area contributed by atoms with Crippen LogP contribution in [0.5, 0.6) is 0 Å². The van der Waals surface area contributed by atoms with E-state index in [2.05, 4.69) is 310 Å². The monoisotopic (exact) mass is 1350 g/mol. The van der Waals surface area contributed by atoms with E-state index in [1.807, 2.05) is 41.5 Å². The van der Waals surface area contributed by atoms with Gasteiger partial charge in [0.1, 0.15) is 0 Å². The summed E-state index contributed by atoms with van der Waals surface area (Å²) in [5.41, 5.74) is 4.78. The maximum Gasteiger partial charge on any atom is 0.0693 e. The Kier molecular flexibility index (Phi) is 60.7. The number of aliphatic hydroxyl groups excluding tert-OH is 3. The molecule has 0 saturated carbocycles. The molecule has 0 aromatic carbocycles. The van der Waals surface area contributed by atoms with E-state index < -0.39 is 16.8 Å². The molecule has 0 rings (SSSR count).